The maximum atomic E-state index is 12.1. The zero-order valence-corrected chi connectivity index (χ0v) is 14.0. The van der Waals surface area contributed by atoms with Crippen LogP contribution in [0.4, 0.5) is 0 Å². The van der Waals surface area contributed by atoms with Crippen molar-refractivity contribution in [1.82, 2.24) is 10.2 Å². The Hall–Kier alpha value is -0.610. The number of carbonyl (C=O) groups excluding carboxylic acids is 1. The number of nitrogens with zero attached hydrogens (tertiary/aromatic N) is 1. The Morgan fingerprint density at radius 2 is 2.15 bits per heavy atom. The highest BCUT2D eigenvalue weighted by Gasteiger charge is 2.39. The lowest BCUT2D eigenvalue weighted by Crippen LogP contribution is -2.54. The van der Waals surface area contributed by atoms with Crippen LogP contribution in [0.1, 0.15) is 53.9 Å². The fourth-order valence-electron chi connectivity index (χ4n) is 3.51. The molecule has 1 N–H and O–H groups in total. The summed E-state index contributed by atoms with van der Waals surface area (Å²) in [5.41, 5.74) is -0.588. The number of esters is 1. The van der Waals surface area contributed by atoms with Gasteiger partial charge in [0, 0.05) is 18.6 Å². The van der Waals surface area contributed by atoms with Crippen molar-refractivity contribution < 1.29 is 9.53 Å². The zero-order valence-electron chi connectivity index (χ0n) is 14.0. The number of likely N-dealkylation sites (tertiary alicyclic amines) is 1. The topological polar surface area (TPSA) is 41.6 Å². The molecule has 4 atom stereocenters. The molecule has 1 saturated heterocycles. The Balaban J connectivity index is 2.71. The first-order chi connectivity index (χ1) is 9.34. The molecule has 1 rings (SSSR count). The molecule has 4 unspecified atom stereocenters. The second kappa shape index (κ2) is 7.41. The van der Waals surface area contributed by atoms with E-state index < -0.39 is 5.54 Å². The molecule has 0 aromatic heterocycles. The third-order valence-corrected chi connectivity index (χ3v) is 4.50. The highest BCUT2D eigenvalue weighted by Crippen LogP contribution is 2.28. The summed E-state index contributed by atoms with van der Waals surface area (Å²) in [5, 5.41) is 3.38. The molecule has 4 nitrogen and oxygen atoms in total. The van der Waals surface area contributed by atoms with Gasteiger partial charge in [-0.3, -0.25) is 9.69 Å². The van der Waals surface area contributed by atoms with Gasteiger partial charge in [0.2, 0.25) is 0 Å². The van der Waals surface area contributed by atoms with E-state index >= 15 is 0 Å². The van der Waals surface area contributed by atoms with Gasteiger partial charge in [-0.2, -0.15) is 0 Å². The lowest BCUT2D eigenvalue weighted by molar-refractivity contribution is -0.148. The number of rotatable bonds is 7. The molecule has 0 saturated carbocycles. The first-order valence-corrected chi connectivity index (χ1v) is 7.93. The predicted molar refractivity (Wildman–Crippen MR) is 82.7 cm³/mol. The summed E-state index contributed by atoms with van der Waals surface area (Å²) in [7, 11) is 1.47. The quantitative estimate of drug-likeness (QED) is 0.729. The molecular formula is C16H32N2O2. The van der Waals surface area contributed by atoms with Crippen molar-refractivity contribution in [2.75, 3.05) is 20.2 Å². The van der Waals surface area contributed by atoms with Crippen molar-refractivity contribution in [2.45, 2.75) is 71.5 Å². The minimum atomic E-state index is -0.588. The monoisotopic (exact) mass is 284 g/mol. The van der Waals surface area contributed by atoms with E-state index in [9.17, 15) is 4.79 Å². The lowest BCUT2D eigenvalue weighted by Gasteiger charge is -2.36. The van der Waals surface area contributed by atoms with Gasteiger partial charge in [0.25, 0.3) is 0 Å². The van der Waals surface area contributed by atoms with Crippen molar-refractivity contribution in [3.8, 4) is 0 Å². The maximum absolute atomic E-state index is 12.1. The highest BCUT2D eigenvalue weighted by atomic mass is 16.5. The molecule has 0 bridgehead atoms. The van der Waals surface area contributed by atoms with Crippen molar-refractivity contribution in [3.63, 3.8) is 0 Å². The number of carbonyl (C=O) groups is 1. The van der Waals surface area contributed by atoms with Crippen molar-refractivity contribution in [3.05, 3.63) is 0 Å². The van der Waals surface area contributed by atoms with Gasteiger partial charge in [0.05, 0.1) is 7.11 Å². The van der Waals surface area contributed by atoms with Crippen LogP contribution in [0.25, 0.3) is 0 Å². The molecule has 118 valence electrons. The zero-order chi connectivity index (χ0) is 15.3. The van der Waals surface area contributed by atoms with E-state index in [0.717, 1.165) is 31.8 Å². The van der Waals surface area contributed by atoms with E-state index in [1.807, 2.05) is 6.92 Å². The summed E-state index contributed by atoms with van der Waals surface area (Å²) in [5.74, 6) is 0.595. The molecule has 0 spiro atoms. The Morgan fingerprint density at radius 3 is 2.60 bits per heavy atom. The molecule has 1 aliphatic rings. The van der Waals surface area contributed by atoms with Crippen LogP contribution in [0.3, 0.4) is 0 Å². The summed E-state index contributed by atoms with van der Waals surface area (Å²) < 4.78 is 5.00. The molecule has 0 amide bonds. The number of ether oxygens (including phenoxy) is 1. The summed E-state index contributed by atoms with van der Waals surface area (Å²) in [6.07, 6.45) is 3.05. The highest BCUT2D eigenvalue weighted by molar-refractivity contribution is 5.80. The number of methoxy groups -OCH3 is 1. The van der Waals surface area contributed by atoms with Crippen molar-refractivity contribution in [1.29, 1.82) is 0 Å². The number of hydrogen-bond donors (Lipinski definition) is 1. The van der Waals surface area contributed by atoms with Crippen LogP contribution < -0.4 is 5.32 Å². The van der Waals surface area contributed by atoms with Gasteiger partial charge in [-0.25, -0.2) is 0 Å². The molecule has 1 fully saturated rings. The Bertz CT molecular complexity index is 322. The van der Waals surface area contributed by atoms with Crippen molar-refractivity contribution >= 4 is 5.97 Å². The SMILES string of the molecule is CCCNC(C)(CC(C)N1CC(C)CC1C)C(=O)OC. The first kappa shape index (κ1) is 17.4. The van der Waals surface area contributed by atoms with Crippen molar-refractivity contribution in [2.24, 2.45) is 5.92 Å². The van der Waals surface area contributed by atoms with Crippen LogP contribution >= 0.6 is 0 Å². The van der Waals surface area contributed by atoms with Gasteiger partial charge in [0.1, 0.15) is 5.54 Å². The van der Waals surface area contributed by atoms with Crippen LogP contribution in [0.15, 0.2) is 0 Å². The van der Waals surface area contributed by atoms with Gasteiger partial charge in [-0.1, -0.05) is 13.8 Å². The molecule has 20 heavy (non-hydrogen) atoms. The van der Waals surface area contributed by atoms with E-state index in [1.165, 1.54) is 13.5 Å². The minimum absolute atomic E-state index is 0.155. The van der Waals surface area contributed by atoms with Gasteiger partial charge >= 0.3 is 5.97 Å². The molecular weight excluding hydrogens is 252 g/mol. The molecule has 0 aromatic rings. The second-order valence-corrected chi connectivity index (χ2v) is 6.69. The summed E-state index contributed by atoms with van der Waals surface area (Å²) in [6, 6.07) is 0.983. The molecule has 0 radical (unpaired) electrons. The van der Waals surface area contributed by atoms with Crippen LogP contribution in [0.5, 0.6) is 0 Å². The Labute approximate surface area is 124 Å². The van der Waals surface area contributed by atoms with Crippen LogP contribution in [-0.2, 0) is 9.53 Å². The summed E-state index contributed by atoms with van der Waals surface area (Å²) >= 11 is 0. The molecule has 4 heteroatoms. The summed E-state index contributed by atoms with van der Waals surface area (Å²) in [4.78, 5) is 14.7. The van der Waals surface area contributed by atoms with Gasteiger partial charge in [-0.15, -0.1) is 0 Å². The standard InChI is InChI=1S/C16H32N2O2/c1-7-8-17-16(5,15(19)20-6)10-14(4)18-11-12(2)9-13(18)3/h12-14,17H,7-11H2,1-6H3. The largest absolute Gasteiger partial charge is 0.468 e. The average Bonchev–Trinajstić information content (AvgIpc) is 2.74. The van der Waals surface area contributed by atoms with E-state index in [2.05, 4.69) is 37.9 Å². The Morgan fingerprint density at radius 1 is 1.50 bits per heavy atom. The normalized spacial score (nSPS) is 28.1. The number of hydrogen-bond acceptors (Lipinski definition) is 4. The molecule has 0 aromatic carbocycles. The second-order valence-electron chi connectivity index (χ2n) is 6.69. The van der Waals surface area contributed by atoms with Crippen LogP contribution in [0, 0.1) is 5.92 Å². The molecule has 0 aliphatic carbocycles. The van der Waals surface area contributed by atoms with E-state index in [1.54, 1.807) is 0 Å². The summed E-state index contributed by atoms with van der Waals surface area (Å²) in [6.45, 7) is 12.9. The van der Waals surface area contributed by atoms with Gasteiger partial charge in [0.15, 0.2) is 0 Å². The molecule has 1 heterocycles. The average molecular weight is 284 g/mol. The fourth-order valence-corrected chi connectivity index (χ4v) is 3.51. The molecule has 1 aliphatic heterocycles. The van der Waals surface area contributed by atoms with Gasteiger partial charge in [-0.05, 0) is 52.5 Å². The maximum Gasteiger partial charge on any atom is 0.325 e. The van der Waals surface area contributed by atoms with E-state index in [0.29, 0.717) is 12.1 Å². The smallest absolute Gasteiger partial charge is 0.325 e. The first-order valence-electron chi connectivity index (χ1n) is 7.93. The lowest BCUT2D eigenvalue weighted by atomic mass is 9.92. The number of nitrogens with one attached hydrogen (secondary N) is 1. The minimum Gasteiger partial charge on any atom is -0.468 e. The van der Waals surface area contributed by atoms with E-state index in [-0.39, 0.29) is 5.97 Å². The van der Waals surface area contributed by atoms with Crippen LogP contribution in [-0.4, -0.2) is 48.7 Å². The predicted octanol–water partition coefficient (Wildman–Crippen LogP) is 2.43. The fraction of sp³-hybridized carbons (Fsp3) is 0.938. The van der Waals surface area contributed by atoms with Crippen LogP contribution in [0.2, 0.25) is 0 Å². The van der Waals surface area contributed by atoms with Gasteiger partial charge < -0.3 is 10.1 Å². The third kappa shape index (κ3) is 4.19. The Kier molecular flexibility index (Phi) is 6.46. The third-order valence-electron chi connectivity index (χ3n) is 4.50. The van der Waals surface area contributed by atoms with E-state index in [4.69, 9.17) is 4.74 Å².